The molecular weight excluding hydrogens is 679 g/mol. The van der Waals surface area contributed by atoms with Crippen LogP contribution >= 0.6 is 0 Å². The van der Waals surface area contributed by atoms with Crippen molar-refractivity contribution in [1.82, 2.24) is 15.1 Å². The molecule has 4 aliphatic rings. The maximum atomic E-state index is 12.4. The minimum absolute atomic E-state index is 0.0448. The second-order valence-corrected chi connectivity index (χ2v) is 16.7. The molecule has 0 radical (unpaired) electrons. The van der Waals surface area contributed by atoms with E-state index in [1.54, 1.807) is 0 Å². The fourth-order valence-electron chi connectivity index (χ4n) is 9.62. The molecular formula is C49H65N3O3. The lowest BCUT2D eigenvalue weighted by Gasteiger charge is -2.41. The molecule has 1 amide bonds. The second-order valence-electron chi connectivity index (χ2n) is 16.7. The summed E-state index contributed by atoms with van der Waals surface area (Å²) >= 11 is 0. The monoisotopic (exact) mass is 744 g/mol. The third-order valence-electron chi connectivity index (χ3n) is 12.6. The summed E-state index contributed by atoms with van der Waals surface area (Å²) in [5.74, 6) is 0.556. The lowest BCUT2D eigenvalue weighted by Crippen LogP contribution is -2.38. The number of nitrogens with zero attached hydrogens (tertiary/aromatic N) is 2. The second kappa shape index (κ2) is 20.8. The number of carboxylic acid groups (broad SMARTS) is 1. The Morgan fingerprint density at radius 1 is 0.618 bits per heavy atom. The van der Waals surface area contributed by atoms with Crippen LogP contribution in [-0.2, 0) is 16.1 Å². The van der Waals surface area contributed by atoms with E-state index in [9.17, 15) is 9.59 Å². The number of carboxylic acids is 1. The molecule has 6 nitrogen and oxygen atoms in total. The van der Waals surface area contributed by atoms with Gasteiger partial charge in [0.25, 0.3) is 0 Å². The molecule has 2 atom stereocenters. The molecule has 0 spiro atoms. The summed E-state index contributed by atoms with van der Waals surface area (Å²) in [4.78, 5) is 28.7. The highest BCUT2D eigenvalue weighted by atomic mass is 16.4. The van der Waals surface area contributed by atoms with Crippen LogP contribution < -0.4 is 5.32 Å². The van der Waals surface area contributed by atoms with Crippen LogP contribution in [0.25, 0.3) is 0 Å². The third-order valence-corrected chi connectivity index (χ3v) is 12.6. The van der Waals surface area contributed by atoms with Crippen molar-refractivity contribution in [3.8, 4) is 0 Å². The number of amides is 1. The number of carbonyl (C=O) groups is 2. The van der Waals surface area contributed by atoms with E-state index in [0.29, 0.717) is 30.5 Å². The van der Waals surface area contributed by atoms with E-state index in [1.165, 1.54) is 111 Å². The van der Waals surface area contributed by atoms with Crippen LogP contribution in [0.1, 0.15) is 130 Å². The zero-order valence-electron chi connectivity index (χ0n) is 33.6. The highest BCUT2D eigenvalue weighted by Crippen LogP contribution is 2.42. The number of hydrogen-bond acceptors (Lipinski definition) is 4. The zero-order valence-corrected chi connectivity index (χ0v) is 33.6. The summed E-state index contributed by atoms with van der Waals surface area (Å²) in [6.45, 7) is 9.75. The Hall–Kier alpha value is -4.00. The number of likely N-dealkylation sites (tertiary alicyclic amines) is 2. The highest BCUT2D eigenvalue weighted by molar-refractivity contribution is 5.88. The summed E-state index contributed by atoms with van der Waals surface area (Å²) in [5.41, 5.74) is 9.12. The van der Waals surface area contributed by atoms with Gasteiger partial charge >= 0.3 is 5.97 Å². The largest absolute Gasteiger partial charge is 0.478 e. The van der Waals surface area contributed by atoms with Crippen molar-refractivity contribution >= 4 is 11.9 Å². The maximum Gasteiger partial charge on any atom is 0.328 e. The summed E-state index contributed by atoms with van der Waals surface area (Å²) in [6, 6.07) is 29.4. The van der Waals surface area contributed by atoms with E-state index in [4.69, 9.17) is 5.11 Å². The Morgan fingerprint density at radius 3 is 1.45 bits per heavy atom. The van der Waals surface area contributed by atoms with Crippen molar-refractivity contribution < 1.29 is 14.7 Å². The predicted molar refractivity (Wildman–Crippen MR) is 225 cm³/mol. The van der Waals surface area contributed by atoms with Gasteiger partial charge in [-0.3, -0.25) is 14.6 Å². The Bertz CT molecular complexity index is 1680. The fraction of sp³-hybridized carbons (Fsp3) is 0.510. The van der Waals surface area contributed by atoms with E-state index in [0.717, 1.165) is 49.7 Å². The molecule has 0 aromatic heterocycles. The minimum Gasteiger partial charge on any atom is -0.478 e. The molecule has 3 aromatic rings. The van der Waals surface area contributed by atoms with Crippen LogP contribution in [-0.4, -0.2) is 53.0 Å². The quantitative estimate of drug-likeness (QED) is 0.202. The highest BCUT2D eigenvalue weighted by Gasteiger charge is 2.33. The smallest absolute Gasteiger partial charge is 0.328 e. The molecule has 7 rings (SSSR count). The topological polar surface area (TPSA) is 72.9 Å². The number of allylic oxidation sites excluding steroid dienone is 2. The SMILES string of the molecule is Cc1ccc(C(C2CCC(=CC(=O)NCc3ccccc3)CC2)N2CCCCC2)cc1.Cc1ccc(C(C2CCC(=CC(=O)O)CC2)N2CCCCC2)cc1. The molecule has 2 N–H and O–H groups in total. The molecule has 2 aliphatic carbocycles. The first-order chi connectivity index (χ1) is 26.8. The van der Waals surface area contributed by atoms with Gasteiger partial charge in [0.1, 0.15) is 0 Å². The summed E-state index contributed by atoms with van der Waals surface area (Å²) in [6.07, 6.45) is 19.8. The van der Waals surface area contributed by atoms with Crippen LogP contribution in [0.3, 0.4) is 0 Å². The average Bonchev–Trinajstić information content (AvgIpc) is 3.21. The number of aryl methyl sites for hydroxylation is 2. The van der Waals surface area contributed by atoms with Crippen LogP contribution in [0.5, 0.6) is 0 Å². The molecule has 2 saturated heterocycles. The Morgan fingerprint density at radius 2 is 1.04 bits per heavy atom. The first kappa shape index (κ1) is 40.7. The summed E-state index contributed by atoms with van der Waals surface area (Å²) in [7, 11) is 0. The van der Waals surface area contributed by atoms with Gasteiger partial charge in [0.05, 0.1) is 0 Å². The molecule has 2 saturated carbocycles. The molecule has 2 heterocycles. The average molecular weight is 744 g/mol. The van der Waals surface area contributed by atoms with Gasteiger partial charge in [-0.2, -0.15) is 0 Å². The number of piperidine rings is 2. The van der Waals surface area contributed by atoms with Gasteiger partial charge in [0.2, 0.25) is 5.91 Å². The van der Waals surface area contributed by atoms with Crippen molar-refractivity contribution in [2.75, 3.05) is 26.2 Å². The lowest BCUT2D eigenvalue weighted by atomic mass is 9.78. The van der Waals surface area contributed by atoms with E-state index in [2.05, 4.69) is 77.5 Å². The predicted octanol–water partition coefficient (Wildman–Crippen LogP) is 10.7. The number of rotatable bonds is 10. The fourth-order valence-corrected chi connectivity index (χ4v) is 9.62. The number of benzene rings is 3. The van der Waals surface area contributed by atoms with Gasteiger partial charge in [-0.15, -0.1) is 0 Å². The Kier molecular flexibility index (Phi) is 15.4. The molecule has 0 bridgehead atoms. The first-order valence-corrected chi connectivity index (χ1v) is 21.4. The number of nitrogens with one attached hydrogen (secondary N) is 1. The van der Waals surface area contributed by atoms with Gasteiger partial charge in [0.15, 0.2) is 0 Å². The molecule has 6 heteroatoms. The number of hydrogen-bond donors (Lipinski definition) is 2. The van der Waals surface area contributed by atoms with Crippen LogP contribution in [0, 0.1) is 25.7 Å². The van der Waals surface area contributed by atoms with Gasteiger partial charge < -0.3 is 10.4 Å². The van der Waals surface area contributed by atoms with Crippen LogP contribution in [0.4, 0.5) is 0 Å². The van der Waals surface area contributed by atoms with Gasteiger partial charge in [-0.05, 0) is 146 Å². The molecule has 294 valence electrons. The van der Waals surface area contributed by atoms with Crippen molar-refractivity contribution in [2.24, 2.45) is 11.8 Å². The van der Waals surface area contributed by atoms with Gasteiger partial charge in [-0.1, -0.05) is 114 Å². The summed E-state index contributed by atoms with van der Waals surface area (Å²) < 4.78 is 0. The minimum atomic E-state index is -0.797. The molecule has 2 aliphatic heterocycles. The van der Waals surface area contributed by atoms with Crippen LogP contribution in [0.2, 0.25) is 0 Å². The van der Waals surface area contributed by atoms with E-state index < -0.39 is 5.97 Å². The standard InChI is InChI=1S/C28H36N2O.C21H29NO2/c1-22-10-14-25(15-11-22)28(30-18-6-3-7-19-30)26-16-12-23(13-17-26)20-27(31)29-21-24-8-4-2-5-9-24;1-16-5-9-18(10-6-16)21(22-13-3-2-4-14-22)19-11-7-17(8-12-19)15-20(23)24/h2,4-5,8-11,14-15,20,26,28H,3,6-7,12-13,16-19,21H2,1H3,(H,29,31);5-6,9-10,15,19,21H,2-4,7-8,11-14H2,1H3,(H,23,24). The normalized spacial score (nSPS) is 22.1. The first-order valence-electron chi connectivity index (χ1n) is 21.4. The lowest BCUT2D eigenvalue weighted by molar-refractivity contribution is -0.131. The Balaban J connectivity index is 0.000000193. The number of carbonyl (C=O) groups excluding carboxylic acids is 1. The maximum absolute atomic E-state index is 12.4. The van der Waals surface area contributed by atoms with E-state index in [1.807, 2.05) is 36.4 Å². The van der Waals surface area contributed by atoms with Gasteiger partial charge in [0, 0.05) is 30.8 Å². The van der Waals surface area contributed by atoms with Crippen molar-refractivity contribution in [2.45, 2.75) is 122 Å². The van der Waals surface area contributed by atoms with Crippen LogP contribution in [0.15, 0.2) is 102 Å². The third kappa shape index (κ3) is 12.2. The van der Waals surface area contributed by atoms with E-state index in [-0.39, 0.29) is 5.91 Å². The Labute approximate surface area is 331 Å². The number of aliphatic carboxylic acids is 1. The van der Waals surface area contributed by atoms with Gasteiger partial charge in [-0.25, -0.2) is 4.79 Å². The molecule has 4 fully saturated rings. The molecule has 55 heavy (non-hydrogen) atoms. The van der Waals surface area contributed by atoms with Crippen molar-refractivity contribution in [3.63, 3.8) is 0 Å². The molecule has 3 aromatic carbocycles. The van der Waals surface area contributed by atoms with Crippen molar-refractivity contribution in [1.29, 1.82) is 0 Å². The zero-order chi connectivity index (χ0) is 38.4. The van der Waals surface area contributed by atoms with Crippen molar-refractivity contribution in [3.05, 3.63) is 130 Å². The van der Waals surface area contributed by atoms with E-state index >= 15 is 0 Å². The molecule has 2 unspecified atom stereocenters. The summed E-state index contributed by atoms with van der Waals surface area (Å²) in [5, 5.41) is 12.0.